The highest BCUT2D eigenvalue weighted by molar-refractivity contribution is 7.80. The lowest BCUT2D eigenvalue weighted by Crippen LogP contribution is -2.34. The highest BCUT2D eigenvalue weighted by atomic mass is 32.1. The van der Waals surface area contributed by atoms with Gasteiger partial charge >= 0.3 is 0 Å². The number of thiocarbonyl (C=S) groups is 1. The lowest BCUT2D eigenvalue weighted by Gasteiger charge is -2.38. The van der Waals surface area contributed by atoms with Gasteiger partial charge in [0.15, 0.2) is 5.11 Å². The highest BCUT2D eigenvalue weighted by Gasteiger charge is 2.40. The summed E-state index contributed by atoms with van der Waals surface area (Å²) in [7, 11) is 0. The molecule has 5 nitrogen and oxygen atoms in total. The topological polar surface area (TPSA) is 65.1 Å². The minimum atomic E-state index is -0.492. The number of nitrogens with zero attached hydrogens (tertiary/aromatic N) is 2. The van der Waals surface area contributed by atoms with Gasteiger partial charge in [-0.1, -0.05) is 55.5 Å². The van der Waals surface area contributed by atoms with Gasteiger partial charge in [0, 0.05) is 0 Å². The summed E-state index contributed by atoms with van der Waals surface area (Å²) in [5.41, 5.74) is 9.41. The van der Waals surface area contributed by atoms with Crippen molar-refractivity contribution >= 4 is 34.2 Å². The second kappa shape index (κ2) is 8.37. The Bertz CT molecular complexity index is 1440. The summed E-state index contributed by atoms with van der Waals surface area (Å²) in [6.07, 6.45) is 5.82. The third-order valence-corrected chi connectivity index (χ3v) is 7.42. The molecular weight excluding hydrogens is 438 g/mol. The molecule has 3 N–H and O–H groups in total. The van der Waals surface area contributed by atoms with Crippen LogP contribution >= 0.6 is 12.2 Å². The van der Waals surface area contributed by atoms with E-state index in [9.17, 15) is 0 Å². The van der Waals surface area contributed by atoms with E-state index in [-0.39, 0.29) is 0 Å². The molecule has 1 unspecified atom stereocenters. The zero-order valence-corrected chi connectivity index (χ0v) is 20.0. The molecule has 4 aromatic rings. The standard InChI is InChI=1S/C28H27N5S/c1-2-18-7-3-4-8-20(18)21-9-5-11-23-22(21)10-6-14-28(23,33-26-16-29-27(34)32-26)19-12-13-24-25(15-19)31-17-30-24/h3-5,7-9,11-13,15,17H,2,6,10,14,16H2,1H3,(H,30,31)(H2,29,32,33,34). The number of benzene rings is 3. The van der Waals surface area contributed by atoms with Crippen LogP contribution in [0.2, 0.25) is 0 Å². The number of aromatic nitrogens is 2. The van der Waals surface area contributed by atoms with Gasteiger partial charge in [-0.15, -0.1) is 0 Å². The van der Waals surface area contributed by atoms with Crippen LogP contribution in [0, 0.1) is 0 Å². The Kier molecular flexibility index (Phi) is 5.18. The van der Waals surface area contributed by atoms with E-state index in [2.05, 4.69) is 88.2 Å². The maximum atomic E-state index is 5.42. The molecule has 6 rings (SSSR count). The summed E-state index contributed by atoms with van der Waals surface area (Å²) in [5, 5.41) is 7.11. The highest BCUT2D eigenvalue weighted by Crippen LogP contribution is 2.47. The minimum absolute atomic E-state index is 0.492. The summed E-state index contributed by atoms with van der Waals surface area (Å²) in [6, 6.07) is 22.0. The molecule has 1 saturated heterocycles. The van der Waals surface area contributed by atoms with Gasteiger partial charge < -0.3 is 15.6 Å². The van der Waals surface area contributed by atoms with E-state index >= 15 is 0 Å². The summed E-state index contributed by atoms with van der Waals surface area (Å²) >= 11 is 5.34. The van der Waals surface area contributed by atoms with Gasteiger partial charge in [-0.25, -0.2) is 4.98 Å². The zero-order chi connectivity index (χ0) is 23.1. The minimum Gasteiger partial charge on any atom is -0.355 e. The van der Waals surface area contributed by atoms with Gasteiger partial charge in [-0.2, -0.15) is 0 Å². The Balaban J connectivity index is 1.60. The average Bonchev–Trinajstić information content (AvgIpc) is 3.51. The molecule has 0 amide bonds. The van der Waals surface area contributed by atoms with E-state index in [1.54, 1.807) is 6.33 Å². The van der Waals surface area contributed by atoms with E-state index in [4.69, 9.17) is 17.2 Å². The fourth-order valence-corrected chi connectivity index (χ4v) is 5.79. The van der Waals surface area contributed by atoms with Gasteiger partial charge in [-0.05, 0) is 83.4 Å². The van der Waals surface area contributed by atoms with E-state index < -0.39 is 5.54 Å². The second-order valence-corrected chi connectivity index (χ2v) is 9.47. The van der Waals surface area contributed by atoms with Crippen molar-refractivity contribution in [1.29, 1.82) is 0 Å². The first kappa shape index (κ1) is 21.1. The number of rotatable bonds is 4. The van der Waals surface area contributed by atoms with Crippen molar-refractivity contribution in [3.63, 3.8) is 0 Å². The molecule has 170 valence electrons. The van der Waals surface area contributed by atoms with Gasteiger partial charge in [0.25, 0.3) is 0 Å². The van der Waals surface area contributed by atoms with Crippen LogP contribution in [0.25, 0.3) is 22.2 Å². The smallest absolute Gasteiger partial charge is 0.172 e. The lowest BCUT2D eigenvalue weighted by atomic mass is 9.70. The summed E-state index contributed by atoms with van der Waals surface area (Å²) < 4.78 is 0. The predicted molar refractivity (Wildman–Crippen MR) is 142 cm³/mol. The molecular formula is C28H27N5S. The van der Waals surface area contributed by atoms with Crippen molar-refractivity contribution in [2.45, 2.75) is 38.1 Å². The third-order valence-electron chi connectivity index (χ3n) is 7.17. The zero-order valence-electron chi connectivity index (χ0n) is 19.2. The van der Waals surface area contributed by atoms with Crippen molar-refractivity contribution in [2.75, 3.05) is 6.54 Å². The fraction of sp³-hybridized carbons (Fsp3) is 0.250. The average molecular weight is 466 g/mol. The fourth-order valence-electron chi connectivity index (χ4n) is 5.60. The van der Waals surface area contributed by atoms with Crippen LogP contribution in [0.4, 0.5) is 0 Å². The molecule has 2 heterocycles. The van der Waals surface area contributed by atoms with Crippen LogP contribution in [0.3, 0.4) is 0 Å². The Morgan fingerprint density at radius 2 is 1.94 bits per heavy atom. The third kappa shape index (κ3) is 3.41. The summed E-state index contributed by atoms with van der Waals surface area (Å²) in [5.74, 6) is 0.891. The lowest BCUT2D eigenvalue weighted by molar-refractivity contribution is 0.445. The van der Waals surface area contributed by atoms with Crippen LogP contribution in [0.5, 0.6) is 0 Å². The predicted octanol–water partition coefficient (Wildman–Crippen LogP) is 5.25. The van der Waals surface area contributed by atoms with Gasteiger partial charge in [0.1, 0.15) is 11.4 Å². The van der Waals surface area contributed by atoms with Crippen LogP contribution in [-0.4, -0.2) is 27.5 Å². The number of H-pyrrole nitrogens is 1. The van der Waals surface area contributed by atoms with Crippen molar-refractivity contribution in [3.8, 4) is 11.1 Å². The summed E-state index contributed by atoms with van der Waals surface area (Å²) in [6.45, 7) is 2.85. The van der Waals surface area contributed by atoms with E-state index in [1.807, 2.05) is 0 Å². The quantitative estimate of drug-likeness (QED) is 0.360. The molecule has 0 bridgehead atoms. The molecule has 1 fully saturated rings. The first-order chi connectivity index (χ1) is 16.7. The Morgan fingerprint density at radius 1 is 1.06 bits per heavy atom. The molecule has 6 heteroatoms. The second-order valence-electron chi connectivity index (χ2n) is 9.06. The van der Waals surface area contributed by atoms with Crippen molar-refractivity contribution in [1.82, 2.24) is 20.6 Å². The molecule has 0 spiro atoms. The van der Waals surface area contributed by atoms with Gasteiger partial charge in [-0.3, -0.25) is 4.99 Å². The Morgan fingerprint density at radius 3 is 2.79 bits per heavy atom. The van der Waals surface area contributed by atoms with E-state index in [1.165, 1.54) is 33.4 Å². The maximum absolute atomic E-state index is 5.42. The molecule has 1 aromatic heterocycles. The Labute approximate surface area is 204 Å². The molecule has 0 radical (unpaired) electrons. The largest absolute Gasteiger partial charge is 0.355 e. The molecule has 34 heavy (non-hydrogen) atoms. The number of aliphatic imine (C=N–C) groups is 1. The number of fused-ring (bicyclic) bond motifs is 2. The molecule has 1 aliphatic carbocycles. The monoisotopic (exact) mass is 465 g/mol. The molecule has 1 atom stereocenters. The van der Waals surface area contributed by atoms with E-state index in [0.717, 1.165) is 42.6 Å². The molecule has 0 saturated carbocycles. The maximum Gasteiger partial charge on any atom is 0.172 e. The normalized spacial score (nSPS) is 20.9. The Hall–Kier alpha value is -3.51. The van der Waals surface area contributed by atoms with Gasteiger partial charge in [0.05, 0.1) is 23.9 Å². The number of hydrogen-bond donors (Lipinski definition) is 3. The number of amidine groups is 1. The van der Waals surface area contributed by atoms with Crippen molar-refractivity contribution < 1.29 is 0 Å². The van der Waals surface area contributed by atoms with Crippen LogP contribution in [0.1, 0.15) is 42.0 Å². The summed E-state index contributed by atoms with van der Waals surface area (Å²) in [4.78, 5) is 13.1. The first-order valence-corrected chi connectivity index (χ1v) is 12.4. The molecule has 1 aliphatic heterocycles. The van der Waals surface area contributed by atoms with Crippen molar-refractivity contribution in [2.24, 2.45) is 4.99 Å². The van der Waals surface area contributed by atoms with Gasteiger partial charge in [0.2, 0.25) is 0 Å². The molecule has 2 aliphatic rings. The molecule has 3 aromatic carbocycles. The van der Waals surface area contributed by atoms with Crippen LogP contribution in [-0.2, 0) is 18.4 Å². The number of nitrogens with one attached hydrogen (secondary N) is 3. The van der Waals surface area contributed by atoms with E-state index in [0.29, 0.717) is 11.7 Å². The van der Waals surface area contributed by atoms with Crippen molar-refractivity contribution in [3.05, 3.63) is 89.2 Å². The van der Waals surface area contributed by atoms with Crippen LogP contribution in [0.15, 0.2) is 72.0 Å². The number of aromatic amines is 1. The number of aryl methyl sites for hydroxylation is 1. The van der Waals surface area contributed by atoms with Crippen LogP contribution < -0.4 is 10.6 Å². The first-order valence-electron chi connectivity index (χ1n) is 12.0. The SMILES string of the molecule is CCc1ccccc1-c1cccc2c1CCCC2(N=C1CNC(=S)N1)c1ccc2nc[nH]c2c1. The number of hydrogen-bond acceptors (Lipinski definition) is 3. The number of imidazole rings is 1.